The Kier molecular flexibility index (Phi) is 6.08. The molecule has 0 spiro atoms. The molecule has 2 aromatic carbocycles. The quantitative estimate of drug-likeness (QED) is 0.636. The van der Waals surface area contributed by atoms with Gasteiger partial charge in [0.25, 0.3) is 5.91 Å². The third-order valence-electron chi connectivity index (χ3n) is 4.84. The van der Waals surface area contributed by atoms with Gasteiger partial charge in [0.15, 0.2) is 9.84 Å². The fourth-order valence-corrected chi connectivity index (χ4v) is 4.59. The van der Waals surface area contributed by atoms with Crippen LogP contribution in [0, 0.1) is 13.8 Å². The highest BCUT2D eigenvalue weighted by Crippen LogP contribution is 2.30. The summed E-state index contributed by atoms with van der Waals surface area (Å²) in [7, 11) is -2.24. The number of amides is 1. The summed E-state index contributed by atoms with van der Waals surface area (Å²) < 4.78 is 37.1. The first kappa shape index (κ1) is 20.7. The molecule has 0 saturated carbocycles. The Morgan fingerprint density at radius 1 is 1.07 bits per heavy atom. The molecular formula is C22H23NO5S. The number of hydrogen-bond acceptors (Lipinski definition) is 5. The van der Waals surface area contributed by atoms with Crippen LogP contribution in [0.2, 0.25) is 0 Å². The molecule has 152 valence electrons. The van der Waals surface area contributed by atoms with Crippen LogP contribution in [0.4, 0.5) is 0 Å². The van der Waals surface area contributed by atoms with Crippen LogP contribution in [0.5, 0.6) is 5.75 Å². The van der Waals surface area contributed by atoms with Crippen LogP contribution in [-0.2, 0) is 9.84 Å². The zero-order chi connectivity index (χ0) is 21.0. The van der Waals surface area contributed by atoms with E-state index in [1.165, 1.54) is 6.26 Å². The molecule has 1 amide bonds. The first-order valence-corrected chi connectivity index (χ1v) is 10.6. The molecule has 29 heavy (non-hydrogen) atoms. The molecular weight excluding hydrogens is 390 g/mol. The molecule has 3 rings (SSSR count). The smallest absolute Gasteiger partial charge is 0.251 e. The van der Waals surface area contributed by atoms with Crippen molar-refractivity contribution in [2.24, 2.45) is 0 Å². The van der Waals surface area contributed by atoms with Crippen LogP contribution in [-0.4, -0.2) is 28.0 Å². The second-order valence-electron chi connectivity index (χ2n) is 6.73. The number of sulfone groups is 1. The molecule has 0 bridgehead atoms. The summed E-state index contributed by atoms with van der Waals surface area (Å²) in [5, 5.41) is 1.67. The number of benzene rings is 2. The highest BCUT2D eigenvalue weighted by atomic mass is 32.2. The molecule has 0 fully saturated rings. The van der Waals surface area contributed by atoms with E-state index in [0.717, 1.165) is 11.1 Å². The van der Waals surface area contributed by atoms with E-state index in [1.807, 2.05) is 13.8 Å². The highest BCUT2D eigenvalue weighted by molar-refractivity contribution is 7.91. The van der Waals surface area contributed by atoms with Gasteiger partial charge in [-0.3, -0.25) is 4.79 Å². The number of aryl methyl sites for hydroxylation is 2. The van der Waals surface area contributed by atoms with Gasteiger partial charge in [0, 0.05) is 12.1 Å². The van der Waals surface area contributed by atoms with Crippen LogP contribution in [0.1, 0.15) is 32.5 Å². The maximum atomic E-state index is 13.3. The van der Waals surface area contributed by atoms with Crippen LogP contribution < -0.4 is 10.1 Å². The van der Waals surface area contributed by atoms with Gasteiger partial charge in [0.05, 0.1) is 18.3 Å². The van der Waals surface area contributed by atoms with E-state index in [9.17, 15) is 13.2 Å². The third kappa shape index (κ3) is 4.51. The van der Waals surface area contributed by atoms with Gasteiger partial charge in [-0.25, -0.2) is 8.42 Å². The largest absolute Gasteiger partial charge is 0.497 e. The van der Waals surface area contributed by atoms with Crippen molar-refractivity contribution in [1.29, 1.82) is 0 Å². The number of carbonyl (C=O) groups is 1. The normalized spacial score (nSPS) is 12.4. The van der Waals surface area contributed by atoms with Crippen molar-refractivity contribution >= 4 is 15.7 Å². The predicted octanol–water partition coefficient (Wildman–Crippen LogP) is 3.85. The summed E-state index contributed by atoms with van der Waals surface area (Å²) >= 11 is 0. The Morgan fingerprint density at radius 3 is 2.38 bits per heavy atom. The van der Waals surface area contributed by atoms with E-state index in [-0.39, 0.29) is 23.1 Å². The van der Waals surface area contributed by atoms with E-state index in [0.29, 0.717) is 11.3 Å². The molecule has 6 nitrogen and oxygen atoms in total. The Labute approximate surface area is 170 Å². The van der Waals surface area contributed by atoms with Crippen molar-refractivity contribution in [3.8, 4) is 5.75 Å². The second kappa shape index (κ2) is 8.53. The molecule has 0 aliphatic rings. The summed E-state index contributed by atoms with van der Waals surface area (Å²) in [4.78, 5) is 12.7. The summed E-state index contributed by atoms with van der Waals surface area (Å²) in [6, 6.07) is 14.8. The number of carbonyl (C=O) groups excluding carboxylic acids is 1. The molecule has 0 saturated heterocycles. The number of furan rings is 1. The van der Waals surface area contributed by atoms with E-state index < -0.39 is 15.1 Å². The van der Waals surface area contributed by atoms with Crippen molar-refractivity contribution in [2.75, 3.05) is 13.7 Å². The second-order valence-corrected chi connectivity index (χ2v) is 8.86. The number of methoxy groups -OCH3 is 1. The lowest BCUT2D eigenvalue weighted by molar-refractivity contribution is 0.0953. The first-order valence-electron chi connectivity index (χ1n) is 9.09. The van der Waals surface area contributed by atoms with Crippen molar-refractivity contribution in [2.45, 2.75) is 24.0 Å². The summed E-state index contributed by atoms with van der Waals surface area (Å²) in [6.07, 6.45) is 1.42. The van der Waals surface area contributed by atoms with E-state index >= 15 is 0 Å². The fourth-order valence-electron chi connectivity index (χ4n) is 2.92. The Morgan fingerprint density at radius 2 is 1.79 bits per heavy atom. The van der Waals surface area contributed by atoms with Gasteiger partial charge >= 0.3 is 0 Å². The SMILES string of the molecule is COc1ccc(C(=O)NC[C@H](c2ccco2)S(=O)(=O)c2ccc(C)c(C)c2)cc1. The average molecular weight is 413 g/mol. The molecule has 7 heteroatoms. The standard InChI is InChI=1S/C22H23NO5S/c1-15-6-11-19(13-16(15)2)29(25,26)21(20-5-4-12-28-20)14-23-22(24)17-7-9-18(27-3)10-8-17/h4-13,21H,14H2,1-3H3,(H,23,24)/t21-/m1/s1. The van der Waals surface area contributed by atoms with Gasteiger partial charge in [0.1, 0.15) is 16.8 Å². The van der Waals surface area contributed by atoms with Crippen LogP contribution >= 0.6 is 0 Å². The minimum atomic E-state index is -3.78. The molecule has 0 aliphatic heterocycles. The first-order chi connectivity index (χ1) is 13.8. The molecule has 0 unspecified atom stereocenters. The highest BCUT2D eigenvalue weighted by Gasteiger charge is 2.32. The average Bonchev–Trinajstić information content (AvgIpc) is 3.24. The molecule has 0 aliphatic carbocycles. The lowest BCUT2D eigenvalue weighted by Gasteiger charge is -2.17. The van der Waals surface area contributed by atoms with Crippen molar-refractivity contribution in [1.82, 2.24) is 5.32 Å². The topological polar surface area (TPSA) is 85.6 Å². The predicted molar refractivity (Wildman–Crippen MR) is 110 cm³/mol. The Balaban J connectivity index is 1.86. The van der Waals surface area contributed by atoms with Crippen LogP contribution in [0.3, 0.4) is 0 Å². The number of hydrogen-bond donors (Lipinski definition) is 1. The molecule has 0 radical (unpaired) electrons. The molecule has 1 atom stereocenters. The van der Waals surface area contributed by atoms with Gasteiger partial charge in [-0.15, -0.1) is 0 Å². The van der Waals surface area contributed by atoms with Crippen LogP contribution in [0.15, 0.2) is 70.2 Å². The van der Waals surface area contributed by atoms with Crippen LogP contribution in [0.25, 0.3) is 0 Å². The number of ether oxygens (including phenoxy) is 1. The van der Waals surface area contributed by atoms with Gasteiger partial charge in [-0.1, -0.05) is 6.07 Å². The van der Waals surface area contributed by atoms with Crippen molar-refractivity contribution in [3.63, 3.8) is 0 Å². The van der Waals surface area contributed by atoms with Gasteiger partial charge in [-0.2, -0.15) is 0 Å². The molecule has 1 heterocycles. The van der Waals surface area contributed by atoms with Gasteiger partial charge < -0.3 is 14.5 Å². The summed E-state index contributed by atoms with van der Waals surface area (Å²) in [6.45, 7) is 3.67. The third-order valence-corrected chi connectivity index (χ3v) is 6.90. The summed E-state index contributed by atoms with van der Waals surface area (Å²) in [5.41, 5.74) is 2.30. The fraction of sp³-hybridized carbons (Fsp3) is 0.227. The van der Waals surface area contributed by atoms with Gasteiger partial charge in [-0.05, 0) is 73.5 Å². The van der Waals surface area contributed by atoms with Crippen molar-refractivity contribution < 1.29 is 22.4 Å². The zero-order valence-corrected chi connectivity index (χ0v) is 17.3. The van der Waals surface area contributed by atoms with E-state index in [4.69, 9.17) is 9.15 Å². The van der Waals surface area contributed by atoms with Gasteiger partial charge in [0.2, 0.25) is 0 Å². The zero-order valence-electron chi connectivity index (χ0n) is 16.5. The minimum Gasteiger partial charge on any atom is -0.497 e. The Bertz CT molecular complexity index is 1090. The summed E-state index contributed by atoms with van der Waals surface area (Å²) in [5.74, 6) is 0.532. The number of nitrogens with one attached hydrogen (secondary N) is 1. The maximum Gasteiger partial charge on any atom is 0.251 e. The minimum absolute atomic E-state index is 0.117. The lowest BCUT2D eigenvalue weighted by Crippen LogP contribution is -2.31. The van der Waals surface area contributed by atoms with Crippen molar-refractivity contribution in [3.05, 3.63) is 83.3 Å². The number of rotatable bonds is 7. The molecule has 1 aromatic heterocycles. The molecule has 3 aromatic rings. The maximum absolute atomic E-state index is 13.3. The molecule has 1 N–H and O–H groups in total. The Hall–Kier alpha value is -3.06. The lowest BCUT2D eigenvalue weighted by atomic mass is 10.1. The van der Waals surface area contributed by atoms with E-state index in [1.54, 1.807) is 61.7 Å². The monoisotopic (exact) mass is 413 g/mol. The van der Waals surface area contributed by atoms with E-state index in [2.05, 4.69) is 5.32 Å².